The molecule has 0 saturated carbocycles. The van der Waals surface area contributed by atoms with Crippen molar-refractivity contribution in [1.29, 1.82) is 0 Å². The first-order valence-electron chi connectivity index (χ1n) is 8.78. The molecule has 1 heterocycles. The van der Waals surface area contributed by atoms with Crippen LogP contribution in [0.2, 0.25) is 0 Å². The van der Waals surface area contributed by atoms with Crippen LogP contribution in [0.25, 0.3) is 10.9 Å². The van der Waals surface area contributed by atoms with E-state index in [1.807, 2.05) is 24.3 Å². The van der Waals surface area contributed by atoms with E-state index in [0.29, 0.717) is 17.3 Å². The molecule has 6 heteroatoms. The minimum absolute atomic E-state index is 0.143. The highest BCUT2D eigenvalue weighted by atomic mass is 16.7. The first kappa shape index (κ1) is 18.7. The van der Waals surface area contributed by atoms with E-state index < -0.39 is 11.6 Å². The van der Waals surface area contributed by atoms with Gasteiger partial charge >= 0.3 is 6.16 Å². The predicted molar refractivity (Wildman–Crippen MR) is 103 cm³/mol. The lowest BCUT2D eigenvalue weighted by Gasteiger charge is -2.13. The van der Waals surface area contributed by atoms with Crippen LogP contribution in [0.1, 0.15) is 23.6 Å². The van der Waals surface area contributed by atoms with Gasteiger partial charge in [0.25, 0.3) is 0 Å². The summed E-state index contributed by atoms with van der Waals surface area (Å²) in [6.45, 7) is 2.18. The number of nitrogens with zero attached hydrogens (tertiary/aromatic N) is 1. The Bertz CT molecular complexity index is 1040. The standard InChI is InChI=1S/C21H21NO5/c1-2-15-5-3-4-6-16(15)11-14-7-8-18-17(12-14)20(24)19(27-21(25)26)13-22(18)9-10-23/h3-8,12-13,23H,2,9-11H2,1H3,(H,25,26). The molecule has 0 aliphatic carbocycles. The van der Waals surface area contributed by atoms with E-state index in [1.54, 1.807) is 10.6 Å². The van der Waals surface area contributed by atoms with Crippen LogP contribution in [0.3, 0.4) is 0 Å². The molecule has 0 fully saturated rings. The normalized spacial score (nSPS) is 10.9. The number of rotatable bonds is 6. The summed E-state index contributed by atoms with van der Waals surface area (Å²) in [6.07, 6.45) is 1.36. The number of aromatic nitrogens is 1. The van der Waals surface area contributed by atoms with Crippen LogP contribution < -0.4 is 10.2 Å². The first-order valence-corrected chi connectivity index (χ1v) is 8.78. The van der Waals surface area contributed by atoms with Gasteiger partial charge in [0.1, 0.15) is 0 Å². The second kappa shape index (κ2) is 8.05. The molecule has 1 aromatic heterocycles. The van der Waals surface area contributed by atoms with Gasteiger partial charge in [-0.2, -0.15) is 0 Å². The first-order chi connectivity index (χ1) is 13.0. The molecule has 6 nitrogen and oxygen atoms in total. The van der Waals surface area contributed by atoms with Crippen molar-refractivity contribution in [3.8, 4) is 5.75 Å². The number of fused-ring (bicyclic) bond motifs is 1. The van der Waals surface area contributed by atoms with Crippen LogP contribution in [-0.2, 0) is 19.4 Å². The molecule has 3 aromatic rings. The summed E-state index contributed by atoms with van der Waals surface area (Å²) in [6, 6.07) is 13.7. The summed E-state index contributed by atoms with van der Waals surface area (Å²) in [4.78, 5) is 23.6. The lowest BCUT2D eigenvalue weighted by molar-refractivity contribution is 0.143. The van der Waals surface area contributed by atoms with Crippen molar-refractivity contribution >= 4 is 17.1 Å². The minimum atomic E-state index is -1.55. The van der Waals surface area contributed by atoms with E-state index in [-0.39, 0.29) is 18.9 Å². The highest BCUT2D eigenvalue weighted by Crippen LogP contribution is 2.21. The number of ether oxygens (including phenoxy) is 1. The van der Waals surface area contributed by atoms with Crippen LogP contribution >= 0.6 is 0 Å². The van der Waals surface area contributed by atoms with Gasteiger partial charge in [-0.3, -0.25) is 4.79 Å². The van der Waals surface area contributed by atoms with Gasteiger partial charge in [0.2, 0.25) is 5.43 Å². The van der Waals surface area contributed by atoms with Gasteiger partial charge in [0.05, 0.1) is 18.3 Å². The zero-order chi connectivity index (χ0) is 19.4. The van der Waals surface area contributed by atoms with Crippen molar-refractivity contribution in [1.82, 2.24) is 4.57 Å². The van der Waals surface area contributed by atoms with Gasteiger partial charge in [0.15, 0.2) is 5.75 Å². The molecule has 2 N–H and O–H groups in total. The summed E-state index contributed by atoms with van der Waals surface area (Å²) in [5, 5.41) is 18.5. The third-order valence-electron chi connectivity index (χ3n) is 4.54. The quantitative estimate of drug-likeness (QED) is 0.653. The van der Waals surface area contributed by atoms with E-state index in [2.05, 4.69) is 23.8 Å². The third-order valence-corrected chi connectivity index (χ3v) is 4.54. The number of carboxylic acid groups (broad SMARTS) is 1. The molecule has 0 aliphatic rings. The van der Waals surface area contributed by atoms with Crippen molar-refractivity contribution in [3.63, 3.8) is 0 Å². The Balaban J connectivity index is 2.11. The fraction of sp³-hybridized carbons (Fsp3) is 0.238. The lowest BCUT2D eigenvalue weighted by Crippen LogP contribution is -2.17. The van der Waals surface area contributed by atoms with Crippen molar-refractivity contribution < 1.29 is 19.7 Å². The summed E-state index contributed by atoms with van der Waals surface area (Å²) < 4.78 is 6.26. The van der Waals surface area contributed by atoms with Crippen LogP contribution in [0.4, 0.5) is 4.79 Å². The summed E-state index contributed by atoms with van der Waals surface area (Å²) in [5.41, 5.74) is 3.53. The SMILES string of the molecule is CCc1ccccc1Cc1ccc2c(c1)c(=O)c(OC(=O)O)cn2CCO. The average molecular weight is 367 g/mol. The van der Waals surface area contributed by atoms with Crippen molar-refractivity contribution in [2.45, 2.75) is 26.3 Å². The van der Waals surface area contributed by atoms with Crippen molar-refractivity contribution in [2.24, 2.45) is 0 Å². The Labute approximate surface area is 156 Å². The number of aliphatic hydroxyl groups is 1. The van der Waals surface area contributed by atoms with E-state index >= 15 is 0 Å². The molecular formula is C21H21NO5. The van der Waals surface area contributed by atoms with Crippen molar-refractivity contribution in [2.75, 3.05) is 6.61 Å². The number of aryl methyl sites for hydroxylation is 1. The largest absolute Gasteiger partial charge is 0.511 e. The molecule has 2 aromatic carbocycles. The van der Waals surface area contributed by atoms with E-state index in [4.69, 9.17) is 5.11 Å². The molecule has 0 amide bonds. The topological polar surface area (TPSA) is 88.8 Å². The Morgan fingerprint density at radius 1 is 1.15 bits per heavy atom. The van der Waals surface area contributed by atoms with Crippen molar-refractivity contribution in [3.05, 3.63) is 75.6 Å². The maximum Gasteiger partial charge on any atom is 0.511 e. The van der Waals surface area contributed by atoms with E-state index in [1.165, 1.54) is 17.3 Å². The van der Waals surface area contributed by atoms with Gasteiger partial charge in [-0.15, -0.1) is 0 Å². The van der Waals surface area contributed by atoms with E-state index in [9.17, 15) is 14.7 Å². The number of pyridine rings is 1. The molecule has 0 spiro atoms. The van der Waals surface area contributed by atoms with E-state index in [0.717, 1.165) is 12.0 Å². The number of aliphatic hydroxyl groups excluding tert-OH is 1. The van der Waals surface area contributed by atoms with Crippen LogP contribution in [-0.4, -0.2) is 27.5 Å². The second-order valence-electron chi connectivity index (χ2n) is 6.26. The van der Waals surface area contributed by atoms with Crippen LogP contribution in [0.15, 0.2) is 53.5 Å². The molecule has 0 unspecified atom stereocenters. The van der Waals surface area contributed by atoms with Gasteiger partial charge in [0, 0.05) is 11.9 Å². The molecule has 27 heavy (non-hydrogen) atoms. The number of hydrogen-bond acceptors (Lipinski definition) is 4. The average Bonchev–Trinajstić information content (AvgIpc) is 2.66. The smallest absolute Gasteiger partial charge is 0.449 e. The fourth-order valence-electron chi connectivity index (χ4n) is 3.28. The van der Waals surface area contributed by atoms with Gasteiger partial charge in [-0.25, -0.2) is 4.79 Å². The number of carbonyl (C=O) groups is 1. The molecule has 0 radical (unpaired) electrons. The summed E-state index contributed by atoms with van der Waals surface area (Å²) >= 11 is 0. The molecule has 0 bridgehead atoms. The molecule has 140 valence electrons. The molecule has 3 rings (SSSR count). The highest BCUT2D eigenvalue weighted by Gasteiger charge is 2.14. The van der Waals surface area contributed by atoms with Gasteiger partial charge in [-0.05, 0) is 41.7 Å². The third kappa shape index (κ3) is 4.01. The molecule has 0 saturated heterocycles. The van der Waals surface area contributed by atoms with Crippen LogP contribution in [0, 0.1) is 0 Å². The maximum absolute atomic E-state index is 12.7. The maximum atomic E-state index is 12.7. The number of benzene rings is 2. The predicted octanol–water partition coefficient (Wildman–Crippen LogP) is 3.20. The highest BCUT2D eigenvalue weighted by molar-refractivity contribution is 5.81. The van der Waals surface area contributed by atoms with Gasteiger partial charge in [-0.1, -0.05) is 37.3 Å². The zero-order valence-electron chi connectivity index (χ0n) is 15.0. The summed E-state index contributed by atoms with van der Waals surface area (Å²) in [5.74, 6) is -0.269. The summed E-state index contributed by atoms with van der Waals surface area (Å²) in [7, 11) is 0. The Hall–Kier alpha value is -3.12. The molecular weight excluding hydrogens is 346 g/mol. The van der Waals surface area contributed by atoms with Crippen LogP contribution in [0.5, 0.6) is 5.75 Å². The number of hydrogen-bond donors (Lipinski definition) is 2. The molecule has 0 atom stereocenters. The zero-order valence-corrected chi connectivity index (χ0v) is 15.0. The monoisotopic (exact) mass is 367 g/mol. The minimum Gasteiger partial charge on any atom is -0.449 e. The fourth-order valence-corrected chi connectivity index (χ4v) is 3.28. The second-order valence-corrected chi connectivity index (χ2v) is 6.26. The van der Waals surface area contributed by atoms with Gasteiger partial charge < -0.3 is 19.5 Å². The Morgan fingerprint density at radius 2 is 1.89 bits per heavy atom. The Morgan fingerprint density at radius 3 is 2.56 bits per heavy atom. The Kier molecular flexibility index (Phi) is 5.57. The molecule has 0 aliphatic heterocycles. The lowest BCUT2D eigenvalue weighted by atomic mass is 9.97.